The average Bonchev–Trinajstić information content (AvgIpc) is 2.21. The lowest BCUT2D eigenvalue weighted by Gasteiger charge is -2.38. The van der Waals surface area contributed by atoms with Crippen molar-refractivity contribution in [2.75, 3.05) is 7.11 Å². The smallest absolute Gasteiger partial charge is 0.303 e. The van der Waals surface area contributed by atoms with Crippen molar-refractivity contribution in [3.8, 4) is 0 Å². The summed E-state index contributed by atoms with van der Waals surface area (Å²) in [6.07, 6.45) is -1.53. The SMILES string of the molecule is CO[C@H]1O[C@H](C)[C@H](OC(C)=O)C[C@H]1OC(C)=O. The fourth-order valence-electron chi connectivity index (χ4n) is 1.80. The number of methoxy groups -OCH3 is 1. The highest BCUT2D eigenvalue weighted by Gasteiger charge is 2.39. The Labute approximate surface area is 100 Å². The van der Waals surface area contributed by atoms with Crippen LogP contribution in [0.4, 0.5) is 0 Å². The predicted octanol–water partition coefficient (Wildman–Crippen LogP) is 0.631. The minimum atomic E-state index is -0.624. The molecule has 6 nitrogen and oxygen atoms in total. The second-order valence-corrected chi connectivity index (χ2v) is 3.98. The van der Waals surface area contributed by atoms with Gasteiger partial charge in [0.15, 0.2) is 12.4 Å². The molecule has 0 aromatic heterocycles. The first-order chi connectivity index (χ1) is 7.93. The van der Waals surface area contributed by atoms with E-state index in [2.05, 4.69) is 0 Å². The van der Waals surface area contributed by atoms with Crippen molar-refractivity contribution < 1.29 is 28.5 Å². The van der Waals surface area contributed by atoms with Gasteiger partial charge in [-0.15, -0.1) is 0 Å². The van der Waals surface area contributed by atoms with E-state index in [4.69, 9.17) is 18.9 Å². The van der Waals surface area contributed by atoms with Crippen molar-refractivity contribution in [1.29, 1.82) is 0 Å². The summed E-state index contributed by atoms with van der Waals surface area (Å²) < 4.78 is 20.7. The van der Waals surface area contributed by atoms with Gasteiger partial charge in [0.1, 0.15) is 6.10 Å². The molecule has 0 N–H and O–H groups in total. The van der Waals surface area contributed by atoms with Crippen LogP contribution < -0.4 is 0 Å². The molecular formula is C11H18O6. The van der Waals surface area contributed by atoms with Gasteiger partial charge in [-0.05, 0) is 6.92 Å². The van der Waals surface area contributed by atoms with Crippen molar-refractivity contribution >= 4 is 11.9 Å². The Hall–Kier alpha value is -1.14. The summed E-state index contributed by atoms with van der Waals surface area (Å²) in [6.45, 7) is 4.42. The van der Waals surface area contributed by atoms with Gasteiger partial charge in [-0.1, -0.05) is 0 Å². The minimum Gasteiger partial charge on any atom is -0.460 e. The minimum absolute atomic E-state index is 0.296. The predicted molar refractivity (Wildman–Crippen MR) is 57.1 cm³/mol. The van der Waals surface area contributed by atoms with Crippen LogP contribution in [0.2, 0.25) is 0 Å². The molecular weight excluding hydrogens is 228 g/mol. The van der Waals surface area contributed by atoms with Crippen LogP contribution in [0.15, 0.2) is 0 Å². The molecule has 0 aliphatic carbocycles. The van der Waals surface area contributed by atoms with E-state index in [1.165, 1.54) is 21.0 Å². The third-order valence-corrected chi connectivity index (χ3v) is 2.51. The second kappa shape index (κ2) is 5.97. The van der Waals surface area contributed by atoms with Gasteiger partial charge in [-0.25, -0.2) is 0 Å². The summed E-state index contributed by atoms with van der Waals surface area (Å²) in [4.78, 5) is 21.9. The van der Waals surface area contributed by atoms with E-state index >= 15 is 0 Å². The maximum absolute atomic E-state index is 10.9. The molecule has 0 aromatic carbocycles. The van der Waals surface area contributed by atoms with Gasteiger partial charge < -0.3 is 18.9 Å². The highest BCUT2D eigenvalue weighted by atomic mass is 16.7. The topological polar surface area (TPSA) is 71.1 Å². The molecule has 1 saturated heterocycles. The number of ether oxygens (including phenoxy) is 4. The summed E-state index contributed by atoms with van der Waals surface area (Å²) in [5.74, 6) is -0.806. The number of hydrogen-bond donors (Lipinski definition) is 0. The quantitative estimate of drug-likeness (QED) is 0.680. The second-order valence-electron chi connectivity index (χ2n) is 3.98. The van der Waals surface area contributed by atoms with Gasteiger partial charge in [0.05, 0.1) is 6.10 Å². The first-order valence-electron chi connectivity index (χ1n) is 5.46. The van der Waals surface area contributed by atoms with E-state index in [1.807, 2.05) is 0 Å². The zero-order valence-electron chi connectivity index (χ0n) is 10.5. The van der Waals surface area contributed by atoms with E-state index in [9.17, 15) is 9.59 Å². The number of esters is 2. The highest BCUT2D eigenvalue weighted by molar-refractivity contribution is 5.66. The molecule has 0 aromatic rings. The Morgan fingerprint density at radius 3 is 2.12 bits per heavy atom. The summed E-state index contributed by atoms with van der Waals surface area (Å²) in [5.41, 5.74) is 0. The fraction of sp³-hybridized carbons (Fsp3) is 0.818. The highest BCUT2D eigenvalue weighted by Crippen LogP contribution is 2.25. The maximum Gasteiger partial charge on any atom is 0.303 e. The Kier molecular flexibility index (Phi) is 4.89. The van der Waals surface area contributed by atoms with Crippen LogP contribution in [0.25, 0.3) is 0 Å². The van der Waals surface area contributed by atoms with Gasteiger partial charge in [0.25, 0.3) is 0 Å². The van der Waals surface area contributed by atoms with E-state index in [-0.39, 0.29) is 12.1 Å². The number of hydrogen-bond acceptors (Lipinski definition) is 6. The van der Waals surface area contributed by atoms with E-state index < -0.39 is 24.5 Å². The number of rotatable bonds is 3. The zero-order chi connectivity index (χ0) is 13.0. The lowest BCUT2D eigenvalue weighted by Crippen LogP contribution is -2.49. The molecule has 0 saturated carbocycles. The van der Waals surface area contributed by atoms with Crippen LogP contribution >= 0.6 is 0 Å². The normalized spacial score (nSPS) is 32.9. The summed E-state index contributed by atoms with van der Waals surface area (Å²) >= 11 is 0. The monoisotopic (exact) mass is 246 g/mol. The third kappa shape index (κ3) is 3.98. The molecule has 0 unspecified atom stereocenters. The van der Waals surface area contributed by atoms with Crippen molar-refractivity contribution in [3.63, 3.8) is 0 Å². The van der Waals surface area contributed by atoms with Gasteiger partial charge >= 0.3 is 11.9 Å². The largest absolute Gasteiger partial charge is 0.460 e. The Morgan fingerprint density at radius 1 is 1.12 bits per heavy atom. The Balaban J connectivity index is 2.67. The van der Waals surface area contributed by atoms with Crippen molar-refractivity contribution in [1.82, 2.24) is 0 Å². The van der Waals surface area contributed by atoms with Gasteiger partial charge in [0.2, 0.25) is 0 Å². The molecule has 0 bridgehead atoms. The number of carbonyl (C=O) groups excluding carboxylic acids is 2. The molecule has 1 aliphatic rings. The fourth-order valence-corrected chi connectivity index (χ4v) is 1.80. The first-order valence-corrected chi connectivity index (χ1v) is 5.46. The summed E-state index contributed by atoms with van der Waals surface area (Å²) in [6, 6.07) is 0. The first kappa shape index (κ1) is 13.9. The van der Waals surface area contributed by atoms with E-state index in [0.717, 1.165) is 0 Å². The lowest BCUT2D eigenvalue weighted by molar-refractivity contribution is -0.260. The van der Waals surface area contributed by atoms with Crippen LogP contribution in [0.1, 0.15) is 27.2 Å². The van der Waals surface area contributed by atoms with Crippen molar-refractivity contribution in [3.05, 3.63) is 0 Å². The summed E-state index contributed by atoms with van der Waals surface area (Å²) in [7, 11) is 1.47. The molecule has 17 heavy (non-hydrogen) atoms. The van der Waals surface area contributed by atoms with Crippen LogP contribution in [-0.4, -0.2) is 43.7 Å². The molecule has 98 valence electrons. The van der Waals surface area contributed by atoms with Crippen LogP contribution in [0.5, 0.6) is 0 Å². The van der Waals surface area contributed by atoms with Gasteiger partial charge in [0, 0.05) is 27.4 Å². The van der Waals surface area contributed by atoms with Crippen LogP contribution in [0.3, 0.4) is 0 Å². The van der Waals surface area contributed by atoms with Crippen LogP contribution in [-0.2, 0) is 28.5 Å². The molecule has 0 spiro atoms. The molecule has 1 heterocycles. The molecule has 0 radical (unpaired) electrons. The standard InChI is InChI=1S/C11H18O6/c1-6-9(16-7(2)12)5-10(17-8(3)13)11(14-4)15-6/h6,9-11H,5H2,1-4H3/t6-,9-,10-,11+/m1/s1. The molecule has 6 heteroatoms. The summed E-state index contributed by atoms with van der Waals surface area (Å²) in [5, 5.41) is 0. The maximum atomic E-state index is 10.9. The van der Waals surface area contributed by atoms with E-state index in [1.54, 1.807) is 6.92 Å². The third-order valence-electron chi connectivity index (χ3n) is 2.51. The van der Waals surface area contributed by atoms with Gasteiger partial charge in [-0.3, -0.25) is 9.59 Å². The van der Waals surface area contributed by atoms with Crippen molar-refractivity contribution in [2.45, 2.75) is 51.8 Å². The Bertz CT molecular complexity index is 290. The average molecular weight is 246 g/mol. The number of carbonyl (C=O) groups is 2. The zero-order valence-corrected chi connectivity index (χ0v) is 10.5. The molecule has 0 amide bonds. The molecule has 1 fully saturated rings. The molecule has 4 atom stereocenters. The van der Waals surface area contributed by atoms with Crippen molar-refractivity contribution in [2.24, 2.45) is 0 Å². The van der Waals surface area contributed by atoms with E-state index in [0.29, 0.717) is 6.42 Å². The van der Waals surface area contributed by atoms with Crippen LogP contribution in [0, 0.1) is 0 Å². The lowest BCUT2D eigenvalue weighted by atomic mass is 10.0. The van der Waals surface area contributed by atoms with Gasteiger partial charge in [-0.2, -0.15) is 0 Å². The Morgan fingerprint density at radius 2 is 1.65 bits per heavy atom. The molecule has 1 aliphatic heterocycles. The molecule has 1 rings (SSSR count).